The summed E-state index contributed by atoms with van der Waals surface area (Å²) in [7, 11) is 0. The van der Waals surface area contributed by atoms with Crippen LogP contribution in [0.2, 0.25) is 0 Å². The molecule has 0 radical (unpaired) electrons. The molecule has 2 N–H and O–H groups in total. The summed E-state index contributed by atoms with van der Waals surface area (Å²) in [5, 5.41) is 20.1. The Balaban J connectivity index is 4.53. The zero-order chi connectivity index (χ0) is 10.7. The van der Waals surface area contributed by atoms with Crippen LogP contribution in [0, 0.1) is 5.92 Å². The van der Waals surface area contributed by atoms with Crippen molar-refractivity contribution >= 4 is 0 Å². The highest BCUT2D eigenvalue weighted by molar-refractivity contribution is 4.93. The largest absolute Gasteiger partial charge is 0.387 e. The molecule has 0 fully saturated rings. The van der Waals surface area contributed by atoms with Crippen molar-refractivity contribution in [2.45, 2.75) is 65.1 Å². The van der Waals surface area contributed by atoms with E-state index in [1.807, 2.05) is 6.92 Å². The molecule has 0 aliphatic carbocycles. The van der Waals surface area contributed by atoms with E-state index in [-0.39, 0.29) is 0 Å². The molecule has 13 heavy (non-hydrogen) atoms. The number of hydrogen-bond acceptors (Lipinski definition) is 2. The van der Waals surface area contributed by atoms with Gasteiger partial charge in [0, 0.05) is 0 Å². The molecule has 0 amide bonds. The van der Waals surface area contributed by atoms with E-state index in [2.05, 4.69) is 13.8 Å². The first-order chi connectivity index (χ1) is 5.73. The molecule has 0 saturated heterocycles. The third-order valence-corrected chi connectivity index (χ3v) is 2.55. The van der Waals surface area contributed by atoms with Gasteiger partial charge < -0.3 is 10.2 Å². The van der Waals surface area contributed by atoms with Crippen LogP contribution in [0.3, 0.4) is 0 Å². The second-order valence-electron chi connectivity index (χ2n) is 4.94. The van der Waals surface area contributed by atoms with Crippen molar-refractivity contribution < 1.29 is 10.2 Å². The van der Waals surface area contributed by atoms with Gasteiger partial charge in [0.05, 0.1) is 11.2 Å². The molecule has 0 bridgehead atoms. The van der Waals surface area contributed by atoms with E-state index in [4.69, 9.17) is 0 Å². The highest BCUT2D eigenvalue weighted by Gasteiger charge is 2.41. The number of rotatable bonds is 5. The Hall–Kier alpha value is -0.0800. The third-order valence-electron chi connectivity index (χ3n) is 2.55. The maximum absolute atomic E-state index is 10.3. The summed E-state index contributed by atoms with van der Waals surface area (Å²) in [4.78, 5) is 0. The van der Waals surface area contributed by atoms with E-state index < -0.39 is 11.2 Å². The highest BCUT2D eigenvalue weighted by Crippen LogP contribution is 2.32. The van der Waals surface area contributed by atoms with Gasteiger partial charge in [-0.25, -0.2) is 0 Å². The van der Waals surface area contributed by atoms with Gasteiger partial charge in [0.15, 0.2) is 0 Å². The lowest BCUT2D eigenvalue weighted by Gasteiger charge is -2.40. The second-order valence-corrected chi connectivity index (χ2v) is 4.94. The van der Waals surface area contributed by atoms with Crippen LogP contribution in [0.25, 0.3) is 0 Å². The van der Waals surface area contributed by atoms with Crippen LogP contribution >= 0.6 is 0 Å². The summed E-state index contributed by atoms with van der Waals surface area (Å²) in [6.45, 7) is 9.52. The third kappa shape index (κ3) is 3.65. The minimum absolute atomic E-state index is 0.406. The average molecular weight is 188 g/mol. The van der Waals surface area contributed by atoms with E-state index in [1.165, 1.54) is 0 Å². The molecule has 1 unspecified atom stereocenters. The van der Waals surface area contributed by atoms with Crippen molar-refractivity contribution in [1.29, 1.82) is 0 Å². The molecule has 0 aliphatic heterocycles. The molecule has 0 saturated carbocycles. The molecule has 0 aromatic rings. The lowest BCUT2D eigenvalue weighted by molar-refractivity contribution is -0.145. The monoisotopic (exact) mass is 188 g/mol. The standard InChI is InChI=1S/C11H24O2/c1-6-7-11(13,8-9(2)3)10(4,5)12/h9,12-13H,6-8H2,1-5H3. The first-order valence-corrected chi connectivity index (χ1v) is 5.17. The van der Waals surface area contributed by atoms with Crippen molar-refractivity contribution in [3.05, 3.63) is 0 Å². The molecule has 80 valence electrons. The van der Waals surface area contributed by atoms with Gasteiger partial charge in [-0.05, 0) is 32.6 Å². The second kappa shape index (κ2) is 4.43. The molecule has 0 spiro atoms. The summed E-state index contributed by atoms with van der Waals surface area (Å²) in [6.07, 6.45) is 2.21. The molecule has 0 aromatic carbocycles. The van der Waals surface area contributed by atoms with E-state index in [0.29, 0.717) is 18.8 Å². The average Bonchev–Trinajstić information content (AvgIpc) is 1.82. The normalized spacial score (nSPS) is 17.5. The van der Waals surface area contributed by atoms with Gasteiger partial charge in [-0.3, -0.25) is 0 Å². The van der Waals surface area contributed by atoms with Gasteiger partial charge in [-0.2, -0.15) is 0 Å². The molecule has 0 aliphatic rings. The molecule has 2 heteroatoms. The maximum Gasteiger partial charge on any atom is 0.0930 e. The van der Waals surface area contributed by atoms with E-state index in [0.717, 1.165) is 6.42 Å². The predicted octanol–water partition coefficient (Wildman–Crippen LogP) is 2.33. The van der Waals surface area contributed by atoms with Crippen molar-refractivity contribution in [1.82, 2.24) is 0 Å². The first kappa shape index (κ1) is 12.9. The molecular weight excluding hydrogens is 164 g/mol. The molecule has 2 nitrogen and oxygen atoms in total. The number of hydrogen-bond donors (Lipinski definition) is 2. The summed E-state index contributed by atoms with van der Waals surface area (Å²) in [6, 6.07) is 0. The van der Waals surface area contributed by atoms with Crippen molar-refractivity contribution in [2.75, 3.05) is 0 Å². The summed E-state index contributed by atoms with van der Waals surface area (Å²) in [5.74, 6) is 0.406. The smallest absolute Gasteiger partial charge is 0.0930 e. The topological polar surface area (TPSA) is 40.5 Å². The fourth-order valence-corrected chi connectivity index (χ4v) is 1.75. The van der Waals surface area contributed by atoms with Crippen LogP contribution < -0.4 is 0 Å². The molecule has 0 aromatic heterocycles. The zero-order valence-electron chi connectivity index (χ0n) is 9.59. The van der Waals surface area contributed by atoms with Crippen LogP contribution in [0.15, 0.2) is 0 Å². The summed E-state index contributed by atoms with van der Waals surface area (Å²) in [5.41, 5.74) is -1.94. The Bertz CT molecular complexity index is 147. The van der Waals surface area contributed by atoms with Crippen LogP contribution in [0.1, 0.15) is 53.9 Å². The van der Waals surface area contributed by atoms with Crippen LogP contribution in [-0.2, 0) is 0 Å². The van der Waals surface area contributed by atoms with Crippen LogP contribution in [-0.4, -0.2) is 21.4 Å². The molecule has 1 atom stereocenters. The first-order valence-electron chi connectivity index (χ1n) is 5.17. The number of aliphatic hydroxyl groups is 2. The van der Waals surface area contributed by atoms with Gasteiger partial charge in [0.2, 0.25) is 0 Å². The minimum Gasteiger partial charge on any atom is -0.387 e. The van der Waals surface area contributed by atoms with Gasteiger partial charge in [-0.15, -0.1) is 0 Å². The Morgan fingerprint density at radius 2 is 1.62 bits per heavy atom. The Kier molecular flexibility index (Phi) is 4.40. The predicted molar refractivity (Wildman–Crippen MR) is 55.6 cm³/mol. The van der Waals surface area contributed by atoms with E-state index in [9.17, 15) is 10.2 Å². The van der Waals surface area contributed by atoms with Gasteiger partial charge in [0.1, 0.15) is 0 Å². The fourth-order valence-electron chi connectivity index (χ4n) is 1.75. The van der Waals surface area contributed by atoms with Crippen LogP contribution in [0.4, 0.5) is 0 Å². The highest BCUT2D eigenvalue weighted by atomic mass is 16.4. The SMILES string of the molecule is CCCC(O)(CC(C)C)C(C)(C)O. The van der Waals surface area contributed by atoms with Crippen LogP contribution in [0.5, 0.6) is 0 Å². The Morgan fingerprint density at radius 3 is 1.85 bits per heavy atom. The Morgan fingerprint density at radius 1 is 1.15 bits per heavy atom. The minimum atomic E-state index is -1.01. The lowest BCUT2D eigenvalue weighted by atomic mass is 9.76. The Labute approximate surface area is 82.0 Å². The zero-order valence-corrected chi connectivity index (χ0v) is 9.59. The van der Waals surface area contributed by atoms with E-state index >= 15 is 0 Å². The van der Waals surface area contributed by atoms with Gasteiger partial charge in [-0.1, -0.05) is 27.2 Å². The summed E-state index contributed by atoms with van der Waals surface area (Å²) < 4.78 is 0. The van der Waals surface area contributed by atoms with Gasteiger partial charge in [0.25, 0.3) is 0 Å². The molecule has 0 rings (SSSR count). The maximum atomic E-state index is 10.3. The van der Waals surface area contributed by atoms with Gasteiger partial charge >= 0.3 is 0 Å². The van der Waals surface area contributed by atoms with Crippen molar-refractivity contribution in [2.24, 2.45) is 5.92 Å². The summed E-state index contributed by atoms with van der Waals surface area (Å²) >= 11 is 0. The molecule has 0 heterocycles. The van der Waals surface area contributed by atoms with E-state index in [1.54, 1.807) is 13.8 Å². The molecular formula is C11H24O2. The fraction of sp³-hybridized carbons (Fsp3) is 1.00. The lowest BCUT2D eigenvalue weighted by Crippen LogP contribution is -2.50. The quantitative estimate of drug-likeness (QED) is 0.695. The van der Waals surface area contributed by atoms with Crippen molar-refractivity contribution in [3.8, 4) is 0 Å². The van der Waals surface area contributed by atoms with Crippen molar-refractivity contribution in [3.63, 3.8) is 0 Å².